The Labute approximate surface area is 284 Å². The van der Waals surface area contributed by atoms with Gasteiger partial charge in [0.2, 0.25) is 0 Å². The molecule has 1 saturated heterocycles. The molecule has 0 unspecified atom stereocenters. The molecule has 0 spiro atoms. The van der Waals surface area contributed by atoms with Crippen LogP contribution in [0.15, 0.2) is 84.9 Å². The number of carboxylic acid groups (broad SMARTS) is 1. The maximum absolute atomic E-state index is 13.4. The van der Waals surface area contributed by atoms with E-state index in [-0.39, 0.29) is 17.6 Å². The predicted molar refractivity (Wildman–Crippen MR) is 187 cm³/mol. The molecule has 1 aliphatic heterocycles. The third-order valence-electron chi connectivity index (χ3n) is 9.65. The van der Waals surface area contributed by atoms with Crippen molar-refractivity contribution in [3.63, 3.8) is 0 Å². The molecule has 8 nitrogen and oxygen atoms in total. The molecular weight excluding hydrogens is 626 g/mol. The second-order valence-electron chi connectivity index (χ2n) is 12.8. The van der Waals surface area contributed by atoms with Crippen LogP contribution in [0.25, 0.3) is 33.5 Å². The van der Waals surface area contributed by atoms with Gasteiger partial charge in [-0.3, -0.25) is 4.79 Å². The first-order chi connectivity index (χ1) is 23.3. The minimum atomic E-state index is -0.963. The number of aliphatic hydroxyl groups is 1. The molecule has 48 heavy (non-hydrogen) atoms. The van der Waals surface area contributed by atoms with E-state index in [4.69, 9.17) is 21.3 Å². The van der Waals surface area contributed by atoms with Gasteiger partial charge in [0, 0.05) is 35.3 Å². The standard InChI is InChI=1S/C39H38ClN3O5/c40-30-13-8-25(9-14-30)34-22-27(38(45)42-20-18-32(44)19-21-42)6-7-29(34)24-48-33-15-10-26(11-16-33)37-41-35-23-28(39(46)47)12-17-36(35)43(37)31-4-2-1-3-5-31/h6-17,22-23,31-32,44H,1-5,18-21,24H2,(H,46,47). The second-order valence-corrected chi connectivity index (χ2v) is 13.3. The predicted octanol–water partition coefficient (Wildman–Crippen LogP) is 8.40. The molecule has 2 fully saturated rings. The number of fused-ring (bicyclic) bond motifs is 1. The van der Waals surface area contributed by atoms with E-state index < -0.39 is 5.97 Å². The van der Waals surface area contributed by atoms with Crippen LogP contribution in [-0.4, -0.2) is 55.7 Å². The van der Waals surface area contributed by atoms with Crippen molar-refractivity contribution in [1.82, 2.24) is 14.5 Å². The number of amides is 1. The highest BCUT2D eigenvalue weighted by molar-refractivity contribution is 6.30. The maximum atomic E-state index is 13.4. The smallest absolute Gasteiger partial charge is 0.335 e. The van der Waals surface area contributed by atoms with Crippen LogP contribution in [0.2, 0.25) is 5.02 Å². The molecule has 246 valence electrons. The fourth-order valence-corrected chi connectivity index (χ4v) is 7.12. The van der Waals surface area contributed by atoms with Crippen LogP contribution in [0, 0.1) is 0 Å². The fourth-order valence-electron chi connectivity index (χ4n) is 6.99. The molecule has 0 bridgehead atoms. The summed E-state index contributed by atoms with van der Waals surface area (Å²) in [5.41, 5.74) is 6.17. The van der Waals surface area contributed by atoms with E-state index in [2.05, 4.69) is 4.57 Å². The van der Waals surface area contributed by atoms with Crippen LogP contribution in [0.3, 0.4) is 0 Å². The zero-order valence-corrected chi connectivity index (χ0v) is 27.4. The van der Waals surface area contributed by atoms with Gasteiger partial charge in [-0.1, -0.05) is 49.1 Å². The number of carbonyl (C=O) groups is 2. The molecule has 1 amide bonds. The average molecular weight is 664 g/mol. The van der Waals surface area contributed by atoms with Crippen LogP contribution in [0.1, 0.15) is 77.3 Å². The molecule has 1 saturated carbocycles. The number of halogens is 1. The number of piperidine rings is 1. The molecule has 7 rings (SSSR count). The van der Waals surface area contributed by atoms with E-state index in [0.717, 1.165) is 46.4 Å². The SMILES string of the molecule is O=C(O)c1ccc2c(c1)nc(-c1ccc(OCc3ccc(C(=O)N4CCC(O)CC4)cc3-c3ccc(Cl)cc3)cc1)n2C1CCCCC1. The number of rotatable bonds is 8. The van der Waals surface area contributed by atoms with Crippen molar-refractivity contribution in [1.29, 1.82) is 0 Å². The first kappa shape index (κ1) is 31.9. The van der Waals surface area contributed by atoms with Gasteiger partial charge in [-0.25, -0.2) is 9.78 Å². The van der Waals surface area contributed by atoms with Crippen molar-refractivity contribution in [3.05, 3.63) is 107 Å². The Kier molecular flexibility index (Phi) is 9.19. The molecule has 2 aliphatic rings. The maximum Gasteiger partial charge on any atom is 0.335 e. The molecule has 0 radical (unpaired) electrons. The van der Waals surface area contributed by atoms with Crippen molar-refractivity contribution in [2.24, 2.45) is 0 Å². The number of hydrogen-bond acceptors (Lipinski definition) is 5. The fraction of sp³-hybridized carbons (Fsp3) is 0.308. The van der Waals surface area contributed by atoms with Gasteiger partial charge in [0.1, 0.15) is 18.2 Å². The van der Waals surface area contributed by atoms with E-state index >= 15 is 0 Å². The third-order valence-corrected chi connectivity index (χ3v) is 9.90. The zero-order chi connectivity index (χ0) is 33.2. The lowest BCUT2D eigenvalue weighted by molar-refractivity contribution is 0.0546. The van der Waals surface area contributed by atoms with Crippen LogP contribution < -0.4 is 4.74 Å². The number of aromatic carboxylic acids is 1. The largest absolute Gasteiger partial charge is 0.489 e. The lowest BCUT2D eigenvalue weighted by Crippen LogP contribution is -2.40. The Morgan fingerprint density at radius 2 is 1.50 bits per heavy atom. The van der Waals surface area contributed by atoms with Gasteiger partial charge in [-0.2, -0.15) is 0 Å². The summed E-state index contributed by atoms with van der Waals surface area (Å²) in [4.78, 5) is 31.8. The molecule has 0 atom stereocenters. The molecule has 1 aliphatic carbocycles. The van der Waals surface area contributed by atoms with Crippen molar-refractivity contribution in [2.45, 2.75) is 63.7 Å². The Balaban J connectivity index is 1.15. The third kappa shape index (κ3) is 6.68. The lowest BCUT2D eigenvalue weighted by Gasteiger charge is -2.29. The van der Waals surface area contributed by atoms with Crippen LogP contribution >= 0.6 is 11.6 Å². The van der Waals surface area contributed by atoms with E-state index in [9.17, 15) is 19.8 Å². The number of benzene rings is 4. The molecule has 1 aromatic heterocycles. The quantitative estimate of drug-likeness (QED) is 0.173. The first-order valence-corrected chi connectivity index (χ1v) is 17.1. The van der Waals surface area contributed by atoms with Crippen molar-refractivity contribution in [2.75, 3.05) is 13.1 Å². The van der Waals surface area contributed by atoms with Crippen molar-refractivity contribution < 1.29 is 24.5 Å². The number of ether oxygens (including phenoxy) is 1. The number of hydrogen-bond donors (Lipinski definition) is 2. The van der Waals surface area contributed by atoms with Gasteiger partial charge in [0.25, 0.3) is 5.91 Å². The summed E-state index contributed by atoms with van der Waals surface area (Å²) in [6, 6.07) is 26.7. The minimum absolute atomic E-state index is 0.0430. The Bertz CT molecular complexity index is 1940. The van der Waals surface area contributed by atoms with Gasteiger partial charge < -0.3 is 24.4 Å². The van der Waals surface area contributed by atoms with Crippen molar-refractivity contribution >= 4 is 34.5 Å². The van der Waals surface area contributed by atoms with Crippen LogP contribution in [0.5, 0.6) is 5.75 Å². The summed E-state index contributed by atoms with van der Waals surface area (Å²) >= 11 is 6.19. The lowest BCUT2D eigenvalue weighted by atomic mass is 9.95. The Morgan fingerprint density at radius 1 is 0.812 bits per heavy atom. The highest BCUT2D eigenvalue weighted by Gasteiger charge is 2.25. The zero-order valence-electron chi connectivity index (χ0n) is 26.6. The number of imidazole rings is 1. The number of aromatic nitrogens is 2. The number of nitrogens with zero attached hydrogens (tertiary/aromatic N) is 3. The molecule has 9 heteroatoms. The van der Waals surface area contributed by atoms with E-state index in [0.29, 0.717) is 60.4 Å². The van der Waals surface area contributed by atoms with Gasteiger partial charge in [0.05, 0.1) is 22.7 Å². The molecule has 2 N–H and O–H groups in total. The van der Waals surface area contributed by atoms with Crippen LogP contribution in [-0.2, 0) is 6.61 Å². The summed E-state index contributed by atoms with van der Waals surface area (Å²) < 4.78 is 8.60. The monoisotopic (exact) mass is 663 g/mol. The van der Waals surface area contributed by atoms with E-state index in [1.54, 1.807) is 17.0 Å². The first-order valence-electron chi connectivity index (χ1n) is 16.7. The summed E-state index contributed by atoms with van der Waals surface area (Å²) in [6.07, 6.45) is 6.53. The highest BCUT2D eigenvalue weighted by Crippen LogP contribution is 2.37. The molecule has 2 heterocycles. The van der Waals surface area contributed by atoms with E-state index in [1.807, 2.05) is 72.8 Å². The summed E-state index contributed by atoms with van der Waals surface area (Å²) in [7, 11) is 0. The van der Waals surface area contributed by atoms with Gasteiger partial charge in [-0.15, -0.1) is 0 Å². The highest BCUT2D eigenvalue weighted by atomic mass is 35.5. The minimum Gasteiger partial charge on any atom is -0.489 e. The number of carbonyl (C=O) groups excluding carboxylic acids is 1. The topological polar surface area (TPSA) is 105 Å². The number of likely N-dealkylation sites (tertiary alicyclic amines) is 1. The summed E-state index contributed by atoms with van der Waals surface area (Å²) in [5, 5.41) is 20.1. The molecule has 5 aromatic rings. The number of aliphatic hydroxyl groups excluding tert-OH is 1. The normalized spacial score (nSPS) is 15.9. The van der Waals surface area contributed by atoms with Gasteiger partial charge >= 0.3 is 5.97 Å². The van der Waals surface area contributed by atoms with Crippen LogP contribution in [0.4, 0.5) is 0 Å². The number of carboxylic acids is 1. The molecule has 4 aromatic carbocycles. The molecular formula is C39H38ClN3O5. The Morgan fingerprint density at radius 3 is 2.21 bits per heavy atom. The summed E-state index contributed by atoms with van der Waals surface area (Å²) in [5.74, 6) is 0.523. The van der Waals surface area contributed by atoms with Crippen molar-refractivity contribution in [3.8, 4) is 28.3 Å². The van der Waals surface area contributed by atoms with E-state index in [1.165, 1.54) is 19.3 Å². The van der Waals surface area contributed by atoms with Gasteiger partial charge in [0.15, 0.2) is 0 Å². The average Bonchev–Trinajstić information content (AvgIpc) is 3.50. The summed E-state index contributed by atoms with van der Waals surface area (Å²) in [6.45, 7) is 1.37. The van der Waals surface area contributed by atoms with Gasteiger partial charge in [-0.05, 0) is 109 Å². The Hall–Kier alpha value is -4.66. The second kappa shape index (κ2) is 13.8.